The van der Waals surface area contributed by atoms with Crippen LogP contribution in [0.3, 0.4) is 0 Å². The summed E-state index contributed by atoms with van der Waals surface area (Å²) >= 11 is 4.92. The third-order valence-corrected chi connectivity index (χ3v) is 3.10. The van der Waals surface area contributed by atoms with Crippen LogP contribution in [0.25, 0.3) is 0 Å². The molecule has 0 bridgehead atoms. The summed E-state index contributed by atoms with van der Waals surface area (Å²) in [5.41, 5.74) is 6.18. The van der Waals surface area contributed by atoms with Crippen molar-refractivity contribution >= 4 is 29.0 Å². The Balaban J connectivity index is 2.53. The quantitative estimate of drug-likeness (QED) is 0.707. The van der Waals surface area contributed by atoms with E-state index in [0.717, 1.165) is 0 Å². The minimum atomic E-state index is -0.225. The van der Waals surface area contributed by atoms with Crippen LogP contribution in [-0.4, -0.2) is 48.9 Å². The van der Waals surface area contributed by atoms with Crippen LogP contribution in [0, 0.1) is 0 Å². The number of hydrogen-bond donors (Lipinski definition) is 2. The molecule has 0 saturated carbocycles. The molecule has 2 amide bonds. The first-order chi connectivity index (χ1) is 9.95. The fourth-order valence-corrected chi connectivity index (χ4v) is 1.73. The van der Waals surface area contributed by atoms with Gasteiger partial charge in [-0.05, 0) is 12.1 Å². The van der Waals surface area contributed by atoms with Gasteiger partial charge >= 0.3 is 0 Å². The molecule has 3 N–H and O–H groups in total. The molecule has 0 aliphatic rings. The number of carbonyl (C=O) groups is 2. The molecule has 0 atom stereocenters. The Morgan fingerprint density at radius 2 is 2.05 bits per heavy atom. The number of amides is 2. The van der Waals surface area contributed by atoms with Gasteiger partial charge in [-0.15, -0.1) is 0 Å². The van der Waals surface area contributed by atoms with Gasteiger partial charge in [0.05, 0.1) is 5.56 Å². The highest BCUT2D eigenvalue weighted by molar-refractivity contribution is 7.80. The van der Waals surface area contributed by atoms with Gasteiger partial charge in [0, 0.05) is 27.1 Å². The Morgan fingerprint density at radius 1 is 1.38 bits per heavy atom. The van der Waals surface area contributed by atoms with Gasteiger partial charge in [0.2, 0.25) is 5.91 Å². The topological polar surface area (TPSA) is 84.7 Å². The Morgan fingerprint density at radius 3 is 2.67 bits per heavy atom. The smallest absolute Gasteiger partial charge is 0.260 e. The Bertz CT molecular complexity index is 534. The van der Waals surface area contributed by atoms with Crippen LogP contribution in [-0.2, 0) is 9.59 Å². The fraction of sp³-hybridized carbons (Fsp3) is 0.357. The van der Waals surface area contributed by atoms with Gasteiger partial charge in [-0.2, -0.15) is 0 Å². The lowest BCUT2D eigenvalue weighted by atomic mass is 10.2. The summed E-state index contributed by atoms with van der Waals surface area (Å²) in [5, 5.41) is 2.50. The maximum atomic E-state index is 11.9. The second-order valence-electron chi connectivity index (χ2n) is 4.39. The first kappa shape index (κ1) is 16.9. The van der Waals surface area contributed by atoms with E-state index in [4.69, 9.17) is 22.7 Å². The second-order valence-corrected chi connectivity index (χ2v) is 4.83. The zero-order valence-electron chi connectivity index (χ0n) is 12.1. The van der Waals surface area contributed by atoms with Crippen molar-refractivity contribution in [3.63, 3.8) is 0 Å². The molecule has 6 nitrogen and oxygen atoms in total. The average molecular weight is 309 g/mol. The molecule has 0 fully saturated rings. The average Bonchev–Trinajstić information content (AvgIpc) is 2.49. The van der Waals surface area contributed by atoms with Crippen LogP contribution in [0.4, 0.5) is 0 Å². The molecule has 0 heterocycles. The van der Waals surface area contributed by atoms with E-state index in [-0.39, 0.29) is 29.8 Å². The molecule has 0 aliphatic heterocycles. The maximum Gasteiger partial charge on any atom is 0.260 e. The van der Waals surface area contributed by atoms with Crippen molar-refractivity contribution in [2.45, 2.75) is 6.42 Å². The Kier molecular flexibility index (Phi) is 6.61. The van der Waals surface area contributed by atoms with E-state index in [2.05, 4.69) is 5.32 Å². The van der Waals surface area contributed by atoms with E-state index in [9.17, 15) is 9.59 Å². The highest BCUT2D eigenvalue weighted by atomic mass is 32.1. The number of benzene rings is 1. The zero-order valence-corrected chi connectivity index (χ0v) is 12.9. The van der Waals surface area contributed by atoms with Crippen LogP contribution in [0.15, 0.2) is 24.3 Å². The predicted octanol–water partition coefficient (Wildman–Crippen LogP) is 0.294. The highest BCUT2D eigenvalue weighted by Crippen LogP contribution is 2.17. The third kappa shape index (κ3) is 5.39. The molecular formula is C14H19N3O3S. The van der Waals surface area contributed by atoms with Crippen molar-refractivity contribution < 1.29 is 14.3 Å². The Hall–Kier alpha value is -2.15. The van der Waals surface area contributed by atoms with Gasteiger partial charge in [0.15, 0.2) is 6.61 Å². The molecule has 0 unspecified atom stereocenters. The molecule has 0 radical (unpaired) electrons. The van der Waals surface area contributed by atoms with E-state index in [1.807, 2.05) is 0 Å². The van der Waals surface area contributed by atoms with Gasteiger partial charge < -0.3 is 20.7 Å². The molecule has 21 heavy (non-hydrogen) atoms. The lowest BCUT2D eigenvalue weighted by Gasteiger charge is -2.17. The molecule has 0 saturated heterocycles. The summed E-state index contributed by atoms with van der Waals surface area (Å²) in [6.45, 7) is 0.197. The van der Waals surface area contributed by atoms with Crippen LogP contribution in [0.5, 0.6) is 5.75 Å². The molecule has 1 rings (SSSR count). The van der Waals surface area contributed by atoms with Crippen molar-refractivity contribution in [1.82, 2.24) is 10.2 Å². The van der Waals surface area contributed by atoms with E-state index < -0.39 is 0 Å². The van der Waals surface area contributed by atoms with E-state index in [1.54, 1.807) is 38.4 Å². The second kappa shape index (κ2) is 8.21. The largest absolute Gasteiger partial charge is 0.483 e. The van der Waals surface area contributed by atoms with E-state index in [1.165, 1.54) is 4.90 Å². The van der Waals surface area contributed by atoms with Crippen molar-refractivity contribution in [2.24, 2.45) is 5.73 Å². The van der Waals surface area contributed by atoms with Gasteiger partial charge in [-0.3, -0.25) is 9.59 Å². The third-order valence-electron chi connectivity index (χ3n) is 2.88. The molecule has 1 aromatic rings. The lowest BCUT2D eigenvalue weighted by Crippen LogP contribution is -2.34. The SMILES string of the molecule is CNC(=O)CCN(C)C(=O)COc1ccccc1C(N)=S. The van der Waals surface area contributed by atoms with Crippen molar-refractivity contribution in [1.29, 1.82) is 0 Å². The number of nitrogens with zero attached hydrogens (tertiary/aromatic N) is 1. The minimum Gasteiger partial charge on any atom is -0.483 e. The number of carbonyl (C=O) groups excluding carboxylic acids is 2. The maximum absolute atomic E-state index is 11.9. The molecule has 1 aromatic carbocycles. The molecule has 0 aliphatic carbocycles. The number of para-hydroxylation sites is 1. The van der Waals surface area contributed by atoms with E-state index in [0.29, 0.717) is 17.9 Å². The van der Waals surface area contributed by atoms with Gasteiger partial charge in [-0.25, -0.2) is 0 Å². The highest BCUT2D eigenvalue weighted by Gasteiger charge is 2.12. The molecule has 7 heteroatoms. The summed E-state index contributed by atoms with van der Waals surface area (Å²) in [6.07, 6.45) is 0.252. The van der Waals surface area contributed by atoms with Crippen molar-refractivity contribution in [3.8, 4) is 5.75 Å². The van der Waals surface area contributed by atoms with Gasteiger partial charge in [0.25, 0.3) is 5.91 Å². The van der Waals surface area contributed by atoms with E-state index >= 15 is 0 Å². The van der Waals surface area contributed by atoms with Gasteiger partial charge in [-0.1, -0.05) is 24.4 Å². The summed E-state index contributed by atoms with van der Waals surface area (Å²) in [5.74, 6) is 0.129. The predicted molar refractivity (Wildman–Crippen MR) is 84.1 cm³/mol. The molecule has 0 spiro atoms. The summed E-state index contributed by atoms with van der Waals surface area (Å²) in [4.78, 5) is 24.7. The first-order valence-corrected chi connectivity index (χ1v) is 6.82. The fourth-order valence-electron chi connectivity index (χ4n) is 1.56. The molecule has 0 aromatic heterocycles. The number of nitrogens with two attached hydrogens (primary N) is 1. The summed E-state index contributed by atoms with van der Waals surface area (Å²) in [7, 11) is 3.17. The lowest BCUT2D eigenvalue weighted by molar-refractivity contribution is -0.132. The number of hydrogen-bond acceptors (Lipinski definition) is 4. The van der Waals surface area contributed by atoms with Crippen molar-refractivity contribution in [3.05, 3.63) is 29.8 Å². The van der Waals surface area contributed by atoms with Crippen LogP contribution in [0.1, 0.15) is 12.0 Å². The van der Waals surface area contributed by atoms with Crippen LogP contribution in [0.2, 0.25) is 0 Å². The standard InChI is InChI=1S/C14H19N3O3S/c1-16-12(18)7-8-17(2)13(19)9-20-11-6-4-3-5-10(11)14(15)21/h3-6H,7-9H2,1-2H3,(H2,15,21)(H,16,18). The number of thiocarbonyl (C=S) groups is 1. The summed E-state index contributed by atoms with van der Waals surface area (Å²) < 4.78 is 5.46. The summed E-state index contributed by atoms with van der Waals surface area (Å²) in [6, 6.07) is 7.00. The van der Waals surface area contributed by atoms with Crippen molar-refractivity contribution in [2.75, 3.05) is 27.2 Å². The van der Waals surface area contributed by atoms with Gasteiger partial charge in [0.1, 0.15) is 10.7 Å². The number of nitrogens with one attached hydrogen (secondary N) is 1. The molecular weight excluding hydrogens is 290 g/mol. The number of rotatable bonds is 7. The van der Waals surface area contributed by atoms with Crippen LogP contribution < -0.4 is 15.8 Å². The normalized spacial score (nSPS) is 9.81. The Labute approximate surface area is 129 Å². The zero-order chi connectivity index (χ0) is 15.8. The van der Waals surface area contributed by atoms with Crippen LogP contribution >= 0.6 is 12.2 Å². The minimum absolute atomic E-state index is 0.116. The first-order valence-electron chi connectivity index (χ1n) is 6.42. The molecule has 114 valence electrons. The number of ether oxygens (including phenoxy) is 1. The monoisotopic (exact) mass is 309 g/mol. The number of likely N-dealkylation sites (N-methyl/N-ethyl adjacent to an activating group) is 1.